The van der Waals surface area contributed by atoms with Crippen LogP contribution in [0.15, 0.2) is 6.33 Å². The topological polar surface area (TPSA) is 93.0 Å². The monoisotopic (exact) mass is 354 g/mol. The molecule has 1 aliphatic carbocycles. The molecule has 8 nitrogen and oxygen atoms in total. The van der Waals surface area contributed by atoms with Crippen LogP contribution in [0.5, 0.6) is 0 Å². The molecule has 0 unspecified atom stereocenters. The SMILES string of the molecule is CCn1cnc2c(N[C@H]3CCN(S(=O)(=O)C4CC4)C3)nc(F)nc21. The van der Waals surface area contributed by atoms with Crippen molar-refractivity contribution < 1.29 is 12.8 Å². The first kappa shape index (κ1) is 15.7. The van der Waals surface area contributed by atoms with Crippen molar-refractivity contribution in [3.05, 3.63) is 12.4 Å². The number of nitrogens with one attached hydrogen (secondary N) is 1. The lowest BCUT2D eigenvalue weighted by molar-refractivity contribution is 0.473. The summed E-state index contributed by atoms with van der Waals surface area (Å²) in [6, 6.07) is -0.109. The Morgan fingerprint density at radius 3 is 2.83 bits per heavy atom. The minimum atomic E-state index is -3.17. The van der Waals surface area contributed by atoms with Crippen molar-refractivity contribution in [2.24, 2.45) is 0 Å². The van der Waals surface area contributed by atoms with Crippen molar-refractivity contribution in [3.8, 4) is 0 Å². The summed E-state index contributed by atoms with van der Waals surface area (Å²) in [4.78, 5) is 11.9. The van der Waals surface area contributed by atoms with E-state index in [1.165, 1.54) is 4.31 Å². The Kier molecular flexibility index (Phi) is 3.68. The third-order valence-electron chi connectivity index (χ3n) is 4.57. The van der Waals surface area contributed by atoms with Gasteiger partial charge in [-0.2, -0.15) is 18.7 Å². The maximum atomic E-state index is 13.7. The van der Waals surface area contributed by atoms with Gasteiger partial charge in [-0.05, 0) is 26.2 Å². The van der Waals surface area contributed by atoms with Gasteiger partial charge in [0.2, 0.25) is 10.0 Å². The molecule has 130 valence electrons. The molecule has 2 aliphatic rings. The zero-order chi connectivity index (χ0) is 16.9. The maximum absolute atomic E-state index is 13.7. The van der Waals surface area contributed by atoms with E-state index in [4.69, 9.17) is 0 Å². The van der Waals surface area contributed by atoms with Crippen LogP contribution in [0.4, 0.5) is 10.2 Å². The molecule has 1 aliphatic heterocycles. The average Bonchev–Trinajstić information content (AvgIpc) is 3.17. The maximum Gasteiger partial charge on any atom is 0.312 e. The van der Waals surface area contributed by atoms with Gasteiger partial charge in [-0.3, -0.25) is 0 Å². The lowest BCUT2D eigenvalue weighted by Crippen LogP contribution is -2.34. The Morgan fingerprint density at radius 1 is 1.33 bits per heavy atom. The first-order valence-corrected chi connectivity index (χ1v) is 9.63. The molecule has 0 radical (unpaired) electrons. The molecule has 24 heavy (non-hydrogen) atoms. The van der Waals surface area contributed by atoms with Crippen molar-refractivity contribution in [2.75, 3.05) is 18.4 Å². The third-order valence-corrected chi connectivity index (χ3v) is 6.94. The van der Waals surface area contributed by atoms with Gasteiger partial charge in [0.15, 0.2) is 17.0 Å². The van der Waals surface area contributed by atoms with Gasteiger partial charge in [0.25, 0.3) is 0 Å². The fourth-order valence-electron chi connectivity index (χ4n) is 3.10. The van der Waals surface area contributed by atoms with E-state index in [9.17, 15) is 12.8 Å². The molecule has 4 rings (SSSR count). The highest BCUT2D eigenvalue weighted by Gasteiger charge is 2.42. The second-order valence-corrected chi connectivity index (χ2v) is 8.49. The number of aromatic nitrogens is 4. The Morgan fingerprint density at radius 2 is 2.12 bits per heavy atom. The number of imidazole rings is 1. The number of fused-ring (bicyclic) bond motifs is 1. The predicted octanol–water partition coefficient (Wildman–Crippen LogP) is 0.964. The summed E-state index contributed by atoms with van der Waals surface area (Å²) in [7, 11) is -3.17. The smallest absolute Gasteiger partial charge is 0.312 e. The van der Waals surface area contributed by atoms with Crippen molar-refractivity contribution in [1.82, 2.24) is 23.8 Å². The van der Waals surface area contributed by atoms with Crippen LogP contribution in [0.2, 0.25) is 0 Å². The lowest BCUT2D eigenvalue weighted by atomic mass is 10.2. The zero-order valence-electron chi connectivity index (χ0n) is 13.3. The van der Waals surface area contributed by atoms with Crippen molar-refractivity contribution >= 4 is 27.0 Å². The molecule has 0 spiro atoms. The van der Waals surface area contributed by atoms with Crippen molar-refractivity contribution in [1.29, 1.82) is 0 Å². The molecule has 2 aromatic heterocycles. The fraction of sp³-hybridized carbons (Fsp3) is 0.643. The number of hydrogen-bond donors (Lipinski definition) is 1. The summed E-state index contributed by atoms with van der Waals surface area (Å²) in [6.07, 6.45) is 2.95. The van der Waals surface area contributed by atoms with Crippen molar-refractivity contribution in [2.45, 2.75) is 44.0 Å². The van der Waals surface area contributed by atoms with Gasteiger partial charge in [-0.15, -0.1) is 0 Å². The summed E-state index contributed by atoms with van der Waals surface area (Å²) in [6.45, 7) is 3.41. The van der Waals surface area contributed by atoms with Gasteiger partial charge in [0, 0.05) is 25.7 Å². The highest BCUT2D eigenvalue weighted by atomic mass is 32.2. The molecule has 0 amide bonds. The molecule has 2 fully saturated rings. The minimum absolute atomic E-state index is 0.109. The van der Waals surface area contributed by atoms with E-state index in [1.807, 2.05) is 6.92 Å². The van der Waals surface area contributed by atoms with Crippen LogP contribution < -0.4 is 5.32 Å². The van der Waals surface area contributed by atoms with Crippen LogP contribution >= 0.6 is 0 Å². The van der Waals surface area contributed by atoms with Crippen LogP contribution in [-0.2, 0) is 16.6 Å². The predicted molar refractivity (Wildman–Crippen MR) is 86.5 cm³/mol. The molecular formula is C14H19FN6O2S. The Balaban J connectivity index is 1.56. The molecule has 1 atom stereocenters. The van der Waals surface area contributed by atoms with E-state index in [0.29, 0.717) is 43.0 Å². The summed E-state index contributed by atoms with van der Waals surface area (Å²) in [5.41, 5.74) is 0.940. The summed E-state index contributed by atoms with van der Waals surface area (Å²) >= 11 is 0. The van der Waals surface area contributed by atoms with Gasteiger partial charge < -0.3 is 9.88 Å². The van der Waals surface area contributed by atoms with Gasteiger partial charge in [0.1, 0.15) is 0 Å². The first-order chi connectivity index (χ1) is 11.5. The molecule has 1 saturated carbocycles. The molecule has 3 heterocycles. The van der Waals surface area contributed by atoms with Crippen LogP contribution in [0.1, 0.15) is 26.2 Å². The second kappa shape index (κ2) is 5.62. The minimum Gasteiger partial charge on any atom is -0.364 e. The Hall–Kier alpha value is -1.81. The van der Waals surface area contributed by atoms with E-state index in [2.05, 4.69) is 20.3 Å². The number of anilines is 1. The van der Waals surface area contributed by atoms with Crippen LogP contribution in [0.3, 0.4) is 0 Å². The molecule has 10 heteroatoms. The van der Waals surface area contributed by atoms with Crippen LogP contribution in [0, 0.1) is 6.08 Å². The zero-order valence-corrected chi connectivity index (χ0v) is 14.1. The molecule has 1 N–H and O–H groups in total. The van der Waals surface area contributed by atoms with E-state index < -0.39 is 16.1 Å². The number of rotatable bonds is 5. The quantitative estimate of drug-likeness (QED) is 0.804. The first-order valence-electron chi connectivity index (χ1n) is 8.13. The van der Waals surface area contributed by atoms with Gasteiger partial charge in [-0.1, -0.05) is 0 Å². The Bertz CT molecular complexity index is 879. The normalized spacial score (nSPS) is 22.3. The highest BCUT2D eigenvalue weighted by Crippen LogP contribution is 2.33. The van der Waals surface area contributed by atoms with E-state index >= 15 is 0 Å². The van der Waals surface area contributed by atoms with E-state index in [-0.39, 0.29) is 11.3 Å². The molecule has 0 bridgehead atoms. The summed E-state index contributed by atoms with van der Waals surface area (Å²) < 4.78 is 41.6. The van der Waals surface area contributed by atoms with Crippen molar-refractivity contribution in [3.63, 3.8) is 0 Å². The van der Waals surface area contributed by atoms with Crippen LogP contribution in [0.25, 0.3) is 11.2 Å². The lowest BCUT2D eigenvalue weighted by Gasteiger charge is -2.17. The molecule has 2 aromatic rings. The number of halogens is 1. The Labute approximate surface area is 139 Å². The largest absolute Gasteiger partial charge is 0.364 e. The highest BCUT2D eigenvalue weighted by molar-refractivity contribution is 7.90. The molecular weight excluding hydrogens is 335 g/mol. The standard InChI is InChI=1S/C14H19FN6O2S/c1-2-20-8-16-11-12(18-14(15)19-13(11)20)17-9-5-6-21(7-9)24(22,23)10-3-4-10/h8-10H,2-7H2,1H3,(H,17,18,19)/t9-/m0/s1. The van der Waals surface area contributed by atoms with Crippen LogP contribution in [-0.4, -0.2) is 56.6 Å². The van der Waals surface area contributed by atoms with E-state index in [1.54, 1.807) is 10.9 Å². The van der Waals surface area contributed by atoms with Gasteiger partial charge >= 0.3 is 6.08 Å². The number of sulfonamides is 1. The second-order valence-electron chi connectivity index (χ2n) is 6.28. The fourth-order valence-corrected chi connectivity index (χ4v) is 5.00. The number of hydrogen-bond acceptors (Lipinski definition) is 6. The number of aryl methyl sites for hydroxylation is 1. The molecule has 1 saturated heterocycles. The summed E-state index contributed by atoms with van der Waals surface area (Å²) in [5.74, 6) is 0.320. The summed E-state index contributed by atoms with van der Waals surface area (Å²) in [5, 5.41) is 2.94. The van der Waals surface area contributed by atoms with E-state index in [0.717, 1.165) is 12.8 Å². The van der Waals surface area contributed by atoms with Gasteiger partial charge in [-0.25, -0.2) is 13.4 Å². The van der Waals surface area contributed by atoms with Gasteiger partial charge in [0.05, 0.1) is 11.6 Å². The number of nitrogens with zero attached hydrogens (tertiary/aromatic N) is 5. The molecule has 0 aromatic carbocycles. The average molecular weight is 354 g/mol. The third kappa shape index (κ3) is 2.63.